The molecule has 1 aliphatic rings. The standard InChI is InChI=1S/C14H26O/c1-3-5-7-9-13-11-10-12(14(13)15)8-6-4-2/h12-13H,3-11H2,1-2H3. The number of hydrogen-bond acceptors (Lipinski definition) is 1. The van der Waals surface area contributed by atoms with Crippen molar-refractivity contribution in [2.75, 3.05) is 0 Å². The zero-order valence-corrected chi connectivity index (χ0v) is 10.4. The average molecular weight is 210 g/mol. The zero-order valence-electron chi connectivity index (χ0n) is 10.4. The number of ketones is 1. The minimum absolute atomic E-state index is 0.427. The summed E-state index contributed by atoms with van der Waals surface area (Å²) in [6.07, 6.45) is 10.9. The molecule has 0 heterocycles. The Morgan fingerprint density at radius 1 is 0.933 bits per heavy atom. The molecule has 88 valence electrons. The molecule has 0 aromatic carbocycles. The summed E-state index contributed by atoms with van der Waals surface area (Å²) in [5, 5.41) is 0. The fourth-order valence-corrected chi connectivity index (χ4v) is 2.68. The first-order valence-electron chi connectivity index (χ1n) is 6.83. The van der Waals surface area contributed by atoms with Gasteiger partial charge in [0.1, 0.15) is 5.78 Å². The van der Waals surface area contributed by atoms with Crippen LogP contribution in [0.2, 0.25) is 0 Å². The Hall–Kier alpha value is -0.330. The Morgan fingerprint density at radius 2 is 1.47 bits per heavy atom. The van der Waals surface area contributed by atoms with Crippen LogP contribution in [0, 0.1) is 11.8 Å². The monoisotopic (exact) mass is 210 g/mol. The molecule has 0 aliphatic heterocycles. The molecule has 2 atom stereocenters. The first kappa shape index (κ1) is 12.7. The molecular formula is C14H26O. The van der Waals surface area contributed by atoms with Gasteiger partial charge < -0.3 is 0 Å². The van der Waals surface area contributed by atoms with E-state index >= 15 is 0 Å². The van der Waals surface area contributed by atoms with Crippen molar-refractivity contribution in [1.82, 2.24) is 0 Å². The minimum Gasteiger partial charge on any atom is -0.299 e. The van der Waals surface area contributed by atoms with Gasteiger partial charge in [-0.2, -0.15) is 0 Å². The molecule has 0 spiro atoms. The molecule has 0 radical (unpaired) electrons. The molecule has 1 rings (SSSR count). The van der Waals surface area contributed by atoms with Crippen molar-refractivity contribution in [3.63, 3.8) is 0 Å². The van der Waals surface area contributed by atoms with E-state index in [1.54, 1.807) is 0 Å². The average Bonchev–Trinajstić information content (AvgIpc) is 2.58. The van der Waals surface area contributed by atoms with Crippen LogP contribution in [0.3, 0.4) is 0 Å². The molecule has 0 saturated heterocycles. The number of carbonyl (C=O) groups excluding carboxylic acids is 1. The third-order valence-electron chi connectivity index (χ3n) is 3.73. The van der Waals surface area contributed by atoms with Gasteiger partial charge in [0, 0.05) is 11.8 Å². The van der Waals surface area contributed by atoms with Crippen molar-refractivity contribution >= 4 is 5.78 Å². The molecule has 1 heteroatoms. The van der Waals surface area contributed by atoms with Crippen LogP contribution in [-0.4, -0.2) is 5.78 Å². The SMILES string of the molecule is CCCCCC1CCC(CCCC)C1=O. The van der Waals surface area contributed by atoms with Crippen LogP contribution in [0.15, 0.2) is 0 Å². The van der Waals surface area contributed by atoms with Crippen LogP contribution >= 0.6 is 0 Å². The van der Waals surface area contributed by atoms with Gasteiger partial charge in [0.25, 0.3) is 0 Å². The normalized spacial score (nSPS) is 26.1. The van der Waals surface area contributed by atoms with E-state index in [-0.39, 0.29) is 0 Å². The second kappa shape index (κ2) is 7.03. The second-order valence-corrected chi connectivity index (χ2v) is 5.01. The Kier molecular flexibility index (Phi) is 5.97. The van der Waals surface area contributed by atoms with E-state index in [2.05, 4.69) is 13.8 Å². The van der Waals surface area contributed by atoms with Crippen LogP contribution in [0.1, 0.15) is 71.6 Å². The van der Waals surface area contributed by atoms with Crippen molar-refractivity contribution in [3.05, 3.63) is 0 Å². The van der Waals surface area contributed by atoms with Crippen molar-refractivity contribution in [3.8, 4) is 0 Å². The second-order valence-electron chi connectivity index (χ2n) is 5.01. The number of rotatable bonds is 7. The quantitative estimate of drug-likeness (QED) is 0.571. The van der Waals surface area contributed by atoms with Gasteiger partial charge in [-0.15, -0.1) is 0 Å². The molecule has 0 aromatic rings. The summed E-state index contributed by atoms with van der Waals surface area (Å²) in [7, 11) is 0. The fourth-order valence-electron chi connectivity index (χ4n) is 2.68. The minimum atomic E-state index is 0.427. The van der Waals surface area contributed by atoms with E-state index in [4.69, 9.17) is 0 Å². The molecule has 15 heavy (non-hydrogen) atoms. The molecule has 0 bridgehead atoms. The van der Waals surface area contributed by atoms with Crippen molar-refractivity contribution in [2.24, 2.45) is 11.8 Å². The molecule has 0 aromatic heterocycles. The van der Waals surface area contributed by atoms with Gasteiger partial charge in [0.15, 0.2) is 0 Å². The van der Waals surface area contributed by atoms with Gasteiger partial charge in [0.05, 0.1) is 0 Å². The maximum Gasteiger partial charge on any atom is 0.139 e. The molecule has 1 fully saturated rings. The molecule has 0 amide bonds. The van der Waals surface area contributed by atoms with Crippen LogP contribution in [0.25, 0.3) is 0 Å². The van der Waals surface area contributed by atoms with Crippen LogP contribution < -0.4 is 0 Å². The van der Waals surface area contributed by atoms with E-state index < -0.39 is 0 Å². The Morgan fingerprint density at radius 3 is 2.00 bits per heavy atom. The van der Waals surface area contributed by atoms with Gasteiger partial charge in [-0.1, -0.05) is 46.0 Å². The molecule has 1 nitrogen and oxygen atoms in total. The topological polar surface area (TPSA) is 17.1 Å². The lowest BCUT2D eigenvalue weighted by Crippen LogP contribution is -2.14. The summed E-state index contributed by atoms with van der Waals surface area (Å²) in [5.74, 6) is 1.45. The summed E-state index contributed by atoms with van der Waals surface area (Å²) >= 11 is 0. The van der Waals surface area contributed by atoms with E-state index in [1.807, 2.05) is 0 Å². The fraction of sp³-hybridized carbons (Fsp3) is 0.929. The summed E-state index contributed by atoms with van der Waals surface area (Å²) in [6.45, 7) is 4.43. The number of unbranched alkanes of at least 4 members (excludes halogenated alkanes) is 3. The molecule has 1 saturated carbocycles. The smallest absolute Gasteiger partial charge is 0.139 e. The van der Waals surface area contributed by atoms with E-state index in [0.717, 1.165) is 12.8 Å². The first-order valence-corrected chi connectivity index (χ1v) is 6.83. The van der Waals surface area contributed by atoms with E-state index in [0.29, 0.717) is 17.6 Å². The Bertz CT molecular complexity index is 186. The van der Waals surface area contributed by atoms with Gasteiger partial charge in [-0.25, -0.2) is 0 Å². The van der Waals surface area contributed by atoms with Gasteiger partial charge in [-0.3, -0.25) is 4.79 Å². The molecular weight excluding hydrogens is 184 g/mol. The van der Waals surface area contributed by atoms with Crippen molar-refractivity contribution < 1.29 is 4.79 Å². The van der Waals surface area contributed by atoms with Crippen molar-refractivity contribution in [2.45, 2.75) is 71.6 Å². The van der Waals surface area contributed by atoms with Crippen molar-refractivity contribution in [1.29, 1.82) is 0 Å². The summed E-state index contributed by atoms with van der Waals surface area (Å²) < 4.78 is 0. The lowest BCUT2D eigenvalue weighted by molar-refractivity contribution is -0.124. The highest BCUT2D eigenvalue weighted by molar-refractivity contribution is 5.85. The Labute approximate surface area is 94.6 Å². The predicted molar refractivity (Wildman–Crippen MR) is 64.9 cm³/mol. The predicted octanol–water partition coefficient (Wildman–Crippen LogP) is 4.35. The first-order chi connectivity index (χ1) is 7.29. The summed E-state index contributed by atoms with van der Waals surface area (Å²) in [5.41, 5.74) is 0. The van der Waals surface area contributed by atoms with Gasteiger partial charge in [-0.05, 0) is 25.7 Å². The summed E-state index contributed by atoms with van der Waals surface area (Å²) in [6, 6.07) is 0. The van der Waals surface area contributed by atoms with Crippen LogP contribution in [0.4, 0.5) is 0 Å². The molecule has 0 N–H and O–H groups in total. The third kappa shape index (κ3) is 3.96. The largest absolute Gasteiger partial charge is 0.299 e. The molecule has 2 unspecified atom stereocenters. The highest BCUT2D eigenvalue weighted by atomic mass is 16.1. The van der Waals surface area contributed by atoms with Crippen LogP contribution in [-0.2, 0) is 4.79 Å². The lowest BCUT2D eigenvalue weighted by Gasteiger charge is -2.09. The Balaban J connectivity index is 2.22. The maximum absolute atomic E-state index is 12.0. The highest BCUT2D eigenvalue weighted by Crippen LogP contribution is 2.33. The zero-order chi connectivity index (χ0) is 11.1. The maximum atomic E-state index is 12.0. The van der Waals surface area contributed by atoms with Crippen LogP contribution in [0.5, 0.6) is 0 Å². The number of hydrogen-bond donors (Lipinski definition) is 0. The van der Waals surface area contributed by atoms with Gasteiger partial charge in [0.2, 0.25) is 0 Å². The summed E-state index contributed by atoms with van der Waals surface area (Å²) in [4.78, 5) is 12.0. The highest BCUT2D eigenvalue weighted by Gasteiger charge is 2.32. The van der Waals surface area contributed by atoms with E-state index in [9.17, 15) is 4.79 Å². The third-order valence-corrected chi connectivity index (χ3v) is 3.73. The van der Waals surface area contributed by atoms with Gasteiger partial charge >= 0.3 is 0 Å². The number of Topliss-reactive ketones (excluding diaryl/α,β-unsaturated/α-hetero) is 1. The lowest BCUT2D eigenvalue weighted by atomic mass is 9.94. The number of carbonyl (C=O) groups is 1. The van der Waals surface area contributed by atoms with E-state index in [1.165, 1.54) is 44.9 Å². The molecule has 1 aliphatic carbocycles.